The molecule has 2 unspecified atom stereocenters. The quantitative estimate of drug-likeness (QED) is 0.502. The summed E-state index contributed by atoms with van der Waals surface area (Å²) in [5.41, 5.74) is 0.632. The van der Waals surface area contributed by atoms with Crippen LogP contribution in [-0.4, -0.2) is 35.1 Å². The third-order valence-electron chi connectivity index (χ3n) is 2.20. The molecular formula is C10H18O3. The van der Waals surface area contributed by atoms with Gasteiger partial charge >= 0.3 is 0 Å². The molecule has 0 amide bonds. The molecular weight excluding hydrogens is 168 g/mol. The molecule has 0 aliphatic carbocycles. The van der Waals surface area contributed by atoms with Gasteiger partial charge in [0.1, 0.15) is 0 Å². The first-order valence-electron chi connectivity index (χ1n) is 4.34. The number of hydrogen-bond donors (Lipinski definition) is 3. The standard InChI is InChI=1S/C10H18O3/c1-3-9(7-13)10(4-5-11)8(2)6-12/h3,9-13H,1-2,4-7H2. The molecule has 0 aromatic heterocycles. The predicted molar refractivity (Wildman–Crippen MR) is 52.2 cm³/mol. The lowest BCUT2D eigenvalue weighted by Crippen LogP contribution is -2.21. The highest BCUT2D eigenvalue weighted by molar-refractivity contribution is 5.06. The Morgan fingerprint density at radius 1 is 1.31 bits per heavy atom. The van der Waals surface area contributed by atoms with Gasteiger partial charge in [0.15, 0.2) is 0 Å². The Morgan fingerprint density at radius 3 is 2.23 bits per heavy atom. The van der Waals surface area contributed by atoms with Crippen molar-refractivity contribution in [1.82, 2.24) is 0 Å². The van der Waals surface area contributed by atoms with E-state index < -0.39 is 0 Å². The largest absolute Gasteiger partial charge is 0.396 e. The van der Waals surface area contributed by atoms with E-state index in [0.717, 1.165) is 0 Å². The van der Waals surface area contributed by atoms with Gasteiger partial charge in [0.25, 0.3) is 0 Å². The molecule has 0 rings (SSSR count). The van der Waals surface area contributed by atoms with Gasteiger partial charge in [-0.05, 0) is 17.9 Å². The molecule has 0 aliphatic heterocycles. The fraction of sp³-hybridized carbons (Fsp3) is 0.600. The van der Waals surface area contributed by atoms with Gasteiger partial charge < -0.3 is 15.3 Å². The van der Waals surface area contributed by atoms with Crippen LogP contribution in [0.1, 0.15) is 6.42 Å². The summed E-state index contributed by atoms with van der Waals surface area (Å²) in [6.45, 7) is 7.15. The number of aliphatic hydroxyl groups excluding tert-OH is 3. The average molecular weight is 186 g/mol. The lowest BCUT2D eigenvalue weighted by atomic mass is 9.85. The van der Waals surface area contributed by atoms with Crippen molar-refractivity contribution in [2.45, 2.75) is 6.42 Å². The van der Waals surface area contributed by atoms with Gasteiger partial charge in [-0.25, -0.2) is 0 Å². The van der Waals surface area contributed by atoms with Crippen LogP contribution in [0, 0.1) is 11.8 Å². The van der Waals surface area contributed by atoms with E-state index in [9.17, 15) is 0 Å². The second-order valence-electron chi connectivity index (χ2n) is 3.02. The molecule has 2 atom stereocenters. The normalized spacial score (nSPS) is 15.0. The fourth-order valence-electron chi connectivity index (χ4n) is 1.34. The van der Waals surface area contributed by atoms with Gasteiger partial charge in [0.05, 0.1) is 6.61 Å². The van der Waals surface area contributed by atoms with E-state index in [-0.39, 0.29) is 31.7 Å². The van der Waals surface area contributed by atoms with E-state index in [1.54, 1.807) is 6.08 Å². The summed E-state index contributed by atoms with van der Waals surface area (Å²) < 4.78 is 0. The third-order valence-corrected chi connectivity index (χ3v) is 2.20. The Bertz CT molecular complexity index is 166. The van der Waals surface area contributed by atoms with Crippen LogP contribution in [0.5, 0.6) is 0 Å². The van der Waals surface area contributed by atoms with Crippen LogP contribution in [0.3, 0.4) is 0 Å². The first-order valence-corrected chi connectivity index (χ1v) is 4.34. The summed E-state index contributed by atoms with van der Waals surface area (Å²) in [5, 5.41) is 26.6. The van der Waals surface area contributed by atoms with Gasteiger partial charge in [0, 0.05) is 19.1 Å². The second-order valence-corrected chi connectivity index (χ2v) is 3.02. The summed E-state index contributed by atoms with van der Waals surface area (Å²) in [7, 11) is 0. The Hall–Kier alpha value is -0.640. The highest BCUT2D eigenvalue weighted by atomic mass is 16.3. The van der Waals surface area contributed by atoms with Crippen LogP contribution in [0.4, 0.5) is 0 Å². The van der Waals surface area contributed by atoms with Gasteiger partial charge in [-0.15, -0.1) is 6.58 Å². The van der Waals surface area contributed by atoms with Gasteiger partial charge in [-0.2, -0.15) is 0 Å². The number of hydrogen-bond acceptors (Lipinski definition) is 3. The topological polar surface area (TPSA) is 60.7 Å². The van der Waals surface area contributed by atoms with Crippen molar-refractivity contribution >= 4 is 0 Å². The third kappa shape index (κ3) is 3.72. The van der Waals surface area contributed by atoms with Crippen molar-refractivity contribution in [2.24, 2.45) is 11.8 Å². The van der Waals surface area contributed by atoms with Crippen molar-refractivity contribution in [3.8, 4) is 0 Å². The molecule has 3 nitrogen and oxygen atoms in total. The van der Waals surface area contributed by atoms with Crippen LogP contribution < -0.4 is 0 Å². The van der Waals surface area contributed by atoms with Crippen molar-refractivity contribution in [3.63, 3.8) is 0 Å². The Kier molecular flexibility index (Phi) is 6.49. The molecule has 0 fully saturated rings. The molecule has 0 heterocycles. The maximum atomic E-state index is 8.99. The summed E-state index contributed by atoms with van der Waals surface area (Å²) in [4.78, 5) is 0. The molecule has 3 heteroatoms. The molecule has 76 valence electrons. The van der Waals surface area contributed by atoms with Crippen LogP contribution in [0.15, 0.2) is 24.8 Å². The predicted octanol–water partition coefficient (Wildman–Crippen LogP) is 0.328. The highest BCUT2D eigenvalue weighted by Gasteiger charge is 2.19. The summed E-state index contributed by atoms with van der Waals surface area (Å²) >= 11 is 0. The zero-order valence-electron chi connectivity index (χ0n) is 7.82. The molecule has 3 N–H and O–H groups in total. The number of rotatable bonds is 7. The molecule has 0 aromatic carbocycles. The molecule has 0 saturated carbocycles. The second kappa shape index (κ2) is 6.83. The zero-order valence-corrected chi connectivity index (χ0v) is 7.82. The molecule has 0 radical (unpaired) electrons. The van der Waals surface area contributed by atoms with E-state index in [2.05, 4.69) is 13.2 Å². The lowest BCUT2D eigenvalue weighted by molar-refractivity contribution is 0.182. The van der Waals surface area contributed by atoms with Crippen molar-refractivity contribution < 1.29 is 15.3 Å². The molecule has 0 aliphatic rings. The van der Waals surface area contributed by atoms with Crippen LogP contribution in [0.25, 0.3) is 0 Å². The maximum Gasteiger partial charge on any atom is 0.0642 e. The fourth-order valence-corrected chi connectivity index (χ4v) is 1.34. The minimum absolute atomic E-state index is 0.0219. The van der Waals surface area contributed by atoms with Crippen molar-refractivity contribution in [2.75, 3.05) is 19.8 Å². The van der Waals surface area contributed by atoms with Crippen LogP contribution in [0.2, 0.25) is 0 Å². The first-order chi connectivity index (χ1) is 6.21. The van der Waals surface area contributed by atoms with E-state index in [0.29, 0.717) is 12.0 Å². The first kappa shape index (κ1) is 12.4. The van der Waals surface area contributed by atoms with Crippen molar-refractivity contribution in [1.29, 1.82) is 0 Å². The van der Waals surface area contributed by atoms with Crippen molar-refractivity contribution in [3.05, 3.63) is 24.8 Å². The SMILES string of the molecule is C=CC(CO)C(CCO)C(=C)CO. The minimum atomic E-state index is -0.133. The van der Waals surface area contributed by atoms with Crippen LogP contribution in [-0.2, 0) is 0 Å². The zero-order chi connectivity index (χ0) is 10.3. The summed E-state index contributed by atoms with van der Waals surface area (Å²) in [5.74, 6) is -0.218. The van der Waals surface area contributed by atoms with Gasteiger partial charge in [-0.3, -0.25) is 0 Å². The monoisotopic (exact) mass is 186 g/mol. The molecule has 0 aromatic rings. The summed E-state index contributed by atoms with van der Waals surface area (Å²) in [6.07, 6.45) is 2.12. The van der Waals surface area contributed by atoms with Crippen LogP contribution >= 0.6 is 0 Å². The Labute approximate surface area is 79.0 Å². The van der Waals surface area contributed by atoms with E-state index >= 15 is 0 Å². The molecule has 0 saturated heterocycles. The van der Waals surface area contributed by atoms with E-state index in [1.165, 1.54) is 0 Å². The van der Waals surface area contributed by atoms with E-state index in [1.807, 2.05) is 0 Å². The maximum absolute atomic E-state index is 8.99. The minimum Gasteiger partial charge on any atom is -0.396 e. The molecule has 0 spiro atoms. The lowest BCUT2D eigenvalue weighted by Gasteiger charge is -2.23. The smallest absolute Gasteiger partial charge is 0.0642 e. The average Bonchev–Trinajstić information content (AvgIpc) is 2.17. The summed E-state index contributed by atoms with van der Waals surface area (Å²) in [6, 6.07) is 0. The Morgan fingerprint density at radius 2 is 1.92 bits per heavy atom. The molecule has 0 bridgehead atoms. The van der Waals surface area contributed by atoms with Gasteiger partial charge in [-0.1, -0.05) is 12.7 Å². The molecule has 13 heavy (non-hydrogen) atoms. The Balaban J connectivity index is 4.36. The van der Waals surface area contributed by atoms with E-state index in [4.69, 9.17) is 15.3 Å². The van der Waals surface area contributed by atoms with Gasteiger partial charge in [0.2, 0.25) is 0 Å². The highest BCUT2D eigenvalue weighted by Crippen LogP contribution is 2.23. The number of aliphatic hydroxyl groups is 3.